The van der Waals surface area contributed by atoms with Gasteiger partial charge in [0.15, 0.2) is 0 Å². The fourth-order valence-corrected chi connectivity index (χ4v) is 2.14. The van der Waals surface area contributed by atoms with Crippen LogP contribution in [0.2, 0.25) is 0 Å². The Bertz CT molecular complexity index is 457. The summed E-state index contributed by atoms with van der Waals surface area (Å²) < 4.78 is 0. The average molecular weight is 292 g/mol. The second kappa shape index (κ2) is 9.13. The SMILES string of the molecule is CCCCC(NC)c1ccc(C(=O)NCCC(=O)O)cc1. The first-order valence-electron chi connectivity index (χ1n) is 7.35. The van der Waals surface area contributed by atoms with Gasteiger partial charge >= 0.3 is 5.97 Å². The minimum absolute atomic E-state index is 0.0668. The van der Waals surface area contributed by atoms with E-state index in [2.05, 4.69) is 17.6 Å². The normalized spacial score (nSPS) is 11.9. The van der Waals surface area contributed by atoms with Crippen molar-refractivity contribution in [2.75, 3.05) is 13.6 Å². The van der Waals surface area contributed by atoms with Gasteiger partial charge in [0.25, 0.3) is 5.91 Å². The Morgan fingerprint density at radius 3 is 2.43 bits per heavy atom. The molecular weight excluding hydrogens is 268 g/mol. The monoisotopic (exact) mass is 292 g/mol. The number of aliphatic carboxylic acids is 1. The zero-order valence-corrected chi connectivity index (χ0v) is 12.7. The van der Waals surface area contributed by atoms with Gasteiger partial charge in [0.05, 0.1) is 6.42 Å². The number of hydrogen-bond donors (Lipinski definition) is 3. The highest BCUT2D eigenvalue weighted by Gasteiger charge is 2.10. The molecule has 1 amide bonds. The fourth-order valence-electron chi connectivity index (χ4n) is 2.14. The van der Waals surface area contributed by atoms with E-state index in [0.29, 0.717) is 11.6 Å². The third-order valence-electron chi connectivity index (χ3n) is 3.39. The van der Waals surface area contributed by atoms with Crippen LogP contribution in [-0.4, -0.2) is 30.6 Å². The van der Waals surface area contributed by atoms with Crippen molar-refractivity contribution in [2.45, 2.75) is 38.6 Å². The number of hydrogen-bond acceptors (Lipinski definition) is 3. The van der Waals surface area contributed by atoms with Crippen LogP contribution in [0.3, 0.4) is 0 Å². The van der Waals surface area contributed by atoms with Crippen molar-refractivity contribution in [3.05, 3.63) is 35.4 Å². The van der Waals surface area contributed by atoms with Gasteiger partial charge in [0.1, 0.15) is 0 Å². The summed E-state index contributed by atoms with van der Waals surface area (Å²) in [6.45, 7) is 2.31. The molecule has 0 fully saturated rings. The maximum atomic E-state index is 11.8. The number of carbonyl (C=O) groups is 2. The Morgan fingerprint density at radius 2 is 1.90 bits per heavy atom. The van der Waals surface area contributed by atoms with Crippen molar-refractivity contribution in [1.29, 1.82) is 0 Å². The minimum atomic E-state index is -0.918. The molecule has 116 valence electrons. The van der Waals surface area contributed by atoms with Crippen LogP contribution in [0.5, 0.6) is 0 Å². The summed E-state index contributed by atoms with van der Waals surface area (Å²) in [6, 6.07) is 7.75. The Morgan fingerprint density at radius 1 is 1.24 bits per heavy atom. The van der Waals surface area contributed by atoms with Crippen LogP contribution in [0.4, 0.5) is 0 Å². The molecule has 1 unspecified atom stereocenters. The highest BCUT2D eigenvalue weighted by atomic mass is 16.4. The molecule has 0 heterocycles. The zero-order chi connectivity index (χ0) is 15.7. The van der Waals surface area contributed by atoms with Gasteiger partial charge in [-0.1, -0.05) is 31.9 Å². The quantitative estimate of drug-likeness (QED) is 0.653. The van der Waals surface area contributed by atoms with E-state index in [-0.39, 0.29) is 18.9 Å². The third-order valence-corrected chi connectivity index (χ3v) is 3.39. The molecule has 3 N–H and O–H groups in total. The van der Waals surface area contributed by atoms with E-state index in [9.17, 15) is 9.59 Å². The van der Waals surface area contributed by atoms with Crippen LogP contribution in [0.1, 0.15) is 54.6 Å². The number of carboxylic acid groups (broad SMARTS) is 1. The van der Waals surface area contributed by atoms with Crippen molar-refractivity contribution in [3.63, 3.8) is 0 Å². The van der Waals surface area contributed by atoms with Gasteiger partial charge in [0.2, 0.25) is 0 Å². The van der Waals surface area contributed by atoms with Crippen LogP contribution in [0.25, 0.3) is 0 Å². The van der Waals surface area contributed by atoms with Crippen LogP contribution in [0.15, 0.2) is 24.3 Å². The summed E-state index contributed by atoms with van der Waals surface area (Å²) in [5.74, 6) is -1.16. The third kappa shape index (κ3) is 5.95. The van der Waals surface area contributed by atoms with Gasteiger partial charge in [-0.3, -0.25) is 9.59 Å². The molecule has 0 aromatic heterocycles. The second-order valence-corrected chi connectivity index (χ2v) is 5.01. The molecule has 0 aliphatic carbocycles. The number of carboxylic acids is 1. The van der Waals surface area contributed by atoms with Crippen molar-refractivity contribution < 1.29 is 14.7 Å². The summed E-state index contributed by atoms with van der Waals surface area (Å²) in [5.41, 5.74) is 1.71. The molecule has 5 nitrogen and oxygen atoms in total. The van der Waals surface area contributed by atoms with E-state index in [1.807, 2.05) is 19.2 Å². The number of amides is 1. The molecule has 0 bridgehead atoms. The standard InChI is InChI=1S/C16H24N2O3/c1-3-4-5-14(17-2)12-6-8-13(9-7-12)16(21)18-11-10-15(19)20/h6-9,14,17H,3-5,10-11H2,1-2H3,(H,18,21)(H,19,20). The fraction of sp³-hybridized carbons (Fsp3) is 0.500. The molecule has 0 radical (unpaired) electrons. The van der Waals surface area contributed by atoms with Crippen LogP contribution >= 0.6 is 0 Å². The number of nitrogens with one attached hydrogen (secondary N) is 2. The Labute approximate surface area is 125 Å². The molecule has 0 saturated heterocycles. The summed E-state index contributed by atoms with van der Waals surface area (Å²) in [7, 11) is 1.94. The molecule has 1 rings (SSSR count). The lowest BCUT2D eigenvalue weighted by Crippen LogP contribution is -2.26. The largest absolute Gasteiger partial charge is 0.481 e. The van der Waals surface area contributed by atoms with E-state index in [4.69, 9.17) is 5.11 Å². The predicted molar refractivity (Wildman–Crippen MR) is 82.4 cm³/mol. The maximum absolute atomic E-state index is 11.8. The lowest BCUT2D eigenvalue weighted by atomic mass is 10.00. The van der Waals surface area contributed by atoms with E-state index in [0.717, 1.165) is 24.8 Å². The molecule has 0 saturated carbocycles. The molecule has 21 heavy (non-hydrogen) atoms. The van der Waals surface area contributed by atoms with Crippen LogP contribution < -0.4 is 10.6 Å². The van der Waals surface area contributed by atoms with Gasteiger partial charge < -0.3 is 15.7 Å². The lowest BCUT2D eigenvalue weighted by Gasteiger charge is -2.16. The van der Waals surface area contributed by atoms with Gasteiger partial charge in [0, 0.05) is 18.2 Å². The predicted octanol–water partition coefficient (Wildman–Crippen LogP) is 2.34. The number of benzene rings is 1. The Balaban J connectivity index is 2.59. The van der Waals surface area contributed by atoms with E-state index in [1.54, 1.807) is 12.1 Å². The zero-order valence-electron chi connectivity index (χ0n) is 12.7. The number of unbranched alkanes of at least 4 members (excludes halogenated alkanes) is 1. The molecule has 1 aromatic rings. The molecule has 0 spiro atoms. The van der Waals surface area contributed by atoms with Gasteiger partial charge in [-0.2, -0.15) is 0 Å². The molecule has 0 aliphatic heterocycles. The summed E-state index contributed by atoms with van der Waals surface area (Å²) >= 11 is 0. The average Bonchev–Trinajstić information content (AvgIpc) is 2.48. The topological polar surface area (TPSA) is 78.4 Å². The van der Waals surface area contributed by atoms with E-state index in [1.165, 1.54) is 0 Å². The lowest BCUT2D eigenvalue weighted by molar-refractivity contribution is -0.136. The first kappa shape index (κ1) is 17.2. The molecule has 0 aliphatic rings. The van der Waals surface area contributed by atoms with Crippen molar-refractivity contribution in [1.82, 2.24) is 10.6 Å². The van der Waals surface area contributed by atoms with E-state index >= 15 is 0 Å². The summed E-state index contributed by atoms with van der Waals surface area (Å²) in [4.78, 5) is 22.2. The smallest absolute Gasteiger partial charge is 0.305 e. The van der Waals surface area contributed by atoms with Gasteiger partial charge in [-0.05, 0) is 31.2 Å². The molecule has 1 atom stereocenters. The summed E-state index contributed by atoms with van der Waals surface area (Å²) in [6.07, 6.45) is 3.31. The van der Waals surface area contributed by atoms with Gasteiger partial charge in [-0.25, -0.2) is 0 Å². The minimum Gasteiger partial charge on any atom is -0.481 e. The van der Waals surface area contributed by atoms with Crippen molar-refractivity contribution in [3.8, 4) is 0 Å². The van der Waals surface area contributed by atoms with E-state index < -0.39 is 5.97 Å². The number of rotatable bonds is 9. The highest BCUT2D eigenvalue weighted by Crippen LogP contribution is 2.19. The van der Waals surface area contributed by atoms with Crippen LogP contribution in [0, 0.1) is 0 Å². The van der Waals surface area contributed by atoms with Crippen molar-refractivity contribution >= 4 is 11.9 Å². The first-order chi connectivity index (χ1) is 10.1. The number of carbonyl (C=O) groups excluding carboxylic acids is 1. The maximum Gasteiger partial charge on any atom is 0.305 e. The second-order valence-electron chi connectivity index (χ2n) is 5.01. The Kier molecular flexibility index (Phi) is 7.46. The molecular formula is C16H24N2O3. The van der Waals surface area contributed by atoms with Crippen molar-refractivity contribution in [2.24, 2.45) is 0 Å². The summed E-state index contributed by atoms with van der Waals surface area (Å²) in [5, 5.41) is 14.4. The van der Waals surface area contributed by atoms with Gasteiger partial charge in [-0.15, -0.1) is 0 Å². The molecule has 1 aromatic carbocycles. The Hall–Kier alpha value is -1.88. The van der Waals surface area contributed by atoms with Crippen LogP contribution in [-0.2, 0) is 4.79 Å². The molecule has 5 heteroatoms. The highest BCUT2D eigenvalue weighted by molar-refractivity contribution is 5.94. The first-order valence-corrected chi connectivity index (χ1v) is 7.35.